The lowest BCUT2D eigenvalue weighted by atomic mass is 9.52. The second kappa shape index (κ2) is 11.4. The van der Waals surface area contributed by atoms with E-state index in [1.807, 2.05) is 0 Å². The molecular formula is C29H38O13. The zero-order valence-electron chi connectivity index (χ0n) is 24.7. The maximum atomic E-state index is 13.0. The molecule has 0 aromatic carbocycles. The van der Waals surface area contributed by atoms with Crippen molar-refractivity contribution in [2.45, 2.75) is 89.7 Å². The zero-order chi connectivity index (χ0) is 31.2. The fourth-order valence-corrected chi connectivity index (χ4v) is 6.91. The molecule has 3 fully saturated rings. The largest absolute Gasteiger partial charge is 0.462 e. The van der Waals surface area contributed by atoms with E-state index in [0.29, 0.717) is 5.57 Å². The Hall–Kier alpha value is -3.29. The number of hydrogen-bond acceptors (Lipinski definition) is 13. The topological polar surface area (TPSA) is 173 Å². The first-order chi connectivity index (χ1) is 19.6. The molecule has 1 saturated carbocycles. The average molecular weight is 595 g/mol. The molecule has 1 spiro atoms. The van der Waals surface area contributed by atoms with Crippen molar-refractivity contribution in [1.29, 1.82) is 0 Å². The quantitative estimate of drug-likeness (QED) is 0.262. The maximum Gasteiger partial charge on any atom is 0.312 e. The Labute approximate surface area is 243 Å². The van der Waals surface area contributed by atoms with Gasteiger partial charge in [-0.05, 0) is 24.6 Å². The van der Waals surface area contributed by atoms with Gasteiger partial charge in [0.25, 0.3) is 0 Å². The van der Waals surface area contributed by atoms with Gasteiger partial charge in [0.1, 0.15) is 30.0 Å². The van der Waals surface area contributed by atoms with Crippen LogP contribution in [0.5, 0.6) is 0 Å². The number of hydrogen-bond donors (Lipinski definition) is 1. The average Bonchev–Trinajstić information content (AvgIpc) is 3.63. The van der Waals surface area contributed by atoms with Crippen LogP contribution in [-0.2, 0) is 57.1 Å². The Bertz CT molecular complexity index is 1200. The summed E-state index contributed by atoms with van der Waals surface area (Å²) in [6.45, 7) is 7.90. The van der Waals surface area contributed by atoms with Crippen molar-refractivity contribution in [3.63, 3.8) is 0 Å². The molecule has 13 heteroatoms. The minimum atomic E-state index is -2.20. The Morgan fingerprint density at radius 1 is 0.976 bits per heavy atom. The molecule has 42 heavy (non-hydrogen) atoms. The predicted octanol–water partition coefficient (Wildman–Crippen LogP) is 0.944. The summed E-state index contributed by atoms with van der Waals surface area (Å²) in [4.78, 5) is 63.0. The van der Waals surface area contributed by atoms with Gasteiger partial charge < -0.3 is 38.3 Å². The zero-order valence-corrected chi connectivity index (χ0v) is 24.7. The van der Waals surface area contributed by atoms with Crippen LogP contribution < -0.4 is 0 Å². The van der Waals surface area contributed by atoms with Gasteiger partial charge in [0, 0.05) is 47.1 Å². The Balaban J connectivity index is 2.09. The fourth-order valence-electron chi connectivity index (χ4n) is 6.91. The van der Waals surface area contributed by atoms with E-state index in [0.717, 1.165) is 6.92 Å². The van der Waals surface area contributed by atoms with Crippen LogP contribution in [-0.4, -0.2) is 97.0 Å². The highest BCUT2D eigenvalue weighted by molar-refractivity contribution is 5.78. The molecule has 2 saturated heterocycles. The van der Waals surface area contributed by atoms with E-state index in [4.69, 9.17) is 33.2 Å². The van der Waals surface area contributed by atoms with Crippen LogP contribution in [0.4, 0.5) is 0 Å². The smallest absolute Gasteiger partial charge is 0.312 e. The lowest BCUT2D eigenvalue weighted by molar-refractivity contribution is -0.252. The summed E-state index contributed by atoms with van der Waals surface area (Å²) in [6.07, 6.45) is -1.57. The fraction of sp³-hybridized carbons (Fsp3) is 0.690. The second-order valence-electron chi connectivity index (χ2n) is 11.6. The first-order valence-electron chi connectivity index (χ1n) is 13.7. The third kappa shape index (κ3) is 5.33. The van der Waals surface area contributed by atoms with Crippen LogP contribution in [0.2, 0.25) is 0 Å². The highest BCUT2D eigenvalue weighted by Gasteiger charge is 2.78. The van der Waals surface area contributed by atoms with Gasteiger partial charge in [-0.2, -0.15) is 0 Å². The van der Waals surface area contributed by atoms with E-state index >= 15 is 0 Å². The molecule has 0 unspecified atom stereocenters. The van der Waals surface area contributed by atoms with Crippen LogP contribution >= 0.6 is 0 Å². The van der Waals surface area contributed by atoms with Gasteiger partial charge in [-0.1, -0.05) is 13.0 Å². The summed E-state index contributed by atoms with van der Waals surface area (Å²) in [6, 6.07) is 0. The number of methoxy groups -OCH3 is 1. The number of ether oxygens (including phenoxy) is 7. The highest BCUT2D eigenvalue weighted by atomic mass is 16.6. The minimum Gasteiger partial charge on any atom is -0.462 e. The molecule has 0 bridgehead atoms. The third-order valence-corrected chi connectivity index (χ3v) is 8.82. The maximum absolute atomic E-state index is 13.0. The number of esters is 5. The van der Waals surface area contributed by atoms with E-state index < -0.39 is 88.8 Å². The van der Waals surface area contributed by atoms with Crippen molar-refractivity contribution in [3.05, 3.63) is 23.8 Å². The SMILES string of the molecule is COCC1=C/[C@@H]2OC(=O)[C@H](C)[C@@]2(O)[C@@H](OC(C)=O)[C@H]2[C@@]3(CO3)[C@H](OC(C)=O)C[C@H](OC(C)=O)[C@]2(C)[C@@H](OC(C)=O)/C=C\1. The molecule has 1 N–H and O–H groups in total. The van der Waals surface area contributed by atoms with Crippen molar-refractivity contribution in [1.82, 2.24) is 0 Å². The van der Waals surface area contributed by atoms with E-state index in [1.165, 1.54) is 40.9 Å². The van der Waals surface area contributed by atoms with Crippen molar-refractivity contribution in [2.24, 2.45) is 17.3 Å². The molecule has 0 radical (unpaired) electrons. The summed E-state index contributed by atoms with van der Waals surface area (Å²) in [5.74, 6) is -5.92. The highest BCUT2D eigenvalue weighted by Crippen LogP contribution is 2.62. The summed E-state index contributed by atoms with van der Waals surface area (Å²) in [5, 5.41) is 12.6. The van der Waals surface area contributed by atoms with Crippen LogP contribution in [0.15, 0.2) is 23.8 Å². The molecule has 2 aliphatic heterocycles. The van der Waals surface area contributed by atoms with E-state index in [1.54, 1.807) is 19.1 Å². The molecule has 13 nitrogen and oxygen atoms in total. The molecule has 4 aliphatic rings. The lowest BCUT2D eigenvalue weighted by Crippen LogP contribution is -2.71. The van der Waals surface area contributed by atoms with Gasteiger partial charge in [0.2, 0.25) is 0 Å². The number of epoxide rings is 1. The predicted molar refractivity (Wildman–Crippen MR) is 140 cm³/mol. The Morgan fingerprint density at radius 3 is 2.07 bits per heavy atom. The molecule has 4 rings (SSSR count). The molecular weight excluding hydrogens is 556 g/mol. The van der Waals surface area contributed by atoms with Gasteiger partial charge >= 0.3 is 29.8 Å². The van der Waals surface area contributed by atoms with Gasteiger partial charge in [-0.15, -0.1) is 0 Å². The van der Waals surface area contributed by atoms with E-state index in [-0.39, 0.29) is 19.6 Å². The second-order valence-corrected chi connectivity index (χ2v) is 11.6. The van der Waals surface area contributed by atoms with Gasteiger partial charge in [0.15, 0.2) is 11.7 Å². The molecule has 0 amide bonds. The van der Waals surface area contributed by atoms with Crippen LogP contribution in [0, 0.1) is 17.3 Å². The number of fused-ring (bicyclic) bond motifs is 3. The van der Waals surface area contributed by atoms with Crippen molar-refractivity contribution in [3.8, 4) is 0 Å². The summed E-state index contributed by atoms with van der Waals surface area (Å²) >= 11 is 0. The van der Waals surface area contributed by atoms with Gasteiger partial charge in [-0.3, -0.25) is 24.0 Å². The molecule has 0 aromatic heterocycles. The number of aliphatic hydroxyl groups is 1. The molecule has 232 valence electrons. The molecule has 0 aromatic rings. The van der Waals surface area contributed by atoms with Crippen LogP contribution in [0.3, 0.4) is 0 Å². The Morgan fingerprint density at radius 2 is 1.55 bits per heavy atom. The third-order valence-electron chi connectivity index (χ3n) is 8.82. The molecule has 2 aliphatic carbocycles. The summed E-state index contributed by atoms with van der Waals surface area (Å²) < 4.78 is 40.3. The molecule has 10 atom stereocenters. The van der Waals surface area contributed by atoms with Crippen LogP contribution in [0.1, 0.15) is 48.0 Å². The van der Waals surface area contributed by atoms with E-state index in [2.05, 4.69) is 0 Å². The van der Waals surface area contributed by atoms with E-state index in [9.17, 15) is 29.1 Å². The summed E-state index contributed by atoms with van der Waals surface area (Å²) in [7, 11) is 1.45. The first kappa shape index (κ1) is 31.6. The standard InChI is InChI=1S/C29H38O13/c1-14-26(34)42-23-10-19(12-36-7)8-9-20(38-15(2)30)27(6)21(39-16(3)31)11-22(40-17(4)32)28(13-37-28)24(27)25(29(14,23)35)41-18(5)33/h8-10,14,20-25,35H,11-13H2,1-7H3/b9-8-,19-10+/t14-,20-,21-,22+,23-,24+,25-,27-,28+,29-/m0/s1. The number of rotatable bonds is 6. The number of carbonyl (C=O) groups is 5. The summed E-state index contributed by atoms with van der Waals surface area (Å²) in [5.41, 5.74) is -4.61. The van der Waals surface area contributed by atoms with Gasteiger partial charge in [-0.25, -0.2) is 0 Å². The lowest BCUT2D eigenvalue weighted by Gasteiger charge is -2.57. The van der Waals surface area contributed by atoms with Crippen LogP contribution in [0.25, 0.3) is 0 Å². The monoisotopic (exact) mass is 594 g/mol. The minimum absolute atomic E-state index is 0.000953. The number of carbonyl (C=O) groups excluding carboxylic acids is 5. The van der Waals surface area contributed by atoms with Crippen molar-refractivity contribution in [2.75, 3.05) is 20.3 Å². The van der Waals surface area contributed by atoms with Gasteiger partial charge in [0.05, 0.1) is 24.5 Å². The normalized spacial score (nSPS) is 42.5. The first-order valence-corrected chi connectivity index (χ1v) is 13.7. The van der Waals surface area contributed by atoms with Crippen molar-refractivity contribution < 1.29 is 62.2 Å². The Kier molecular flexibility index (Phi) is 8.60. The molecule has 2 heterocycles. The van der Waals surface area contributed by atoms with Crippen molar-refractivity contribution >= 4 is 29.8 Å².